The largest absolute Gasteiger partial charge is 0.508 e. The van der Waals surface area contributed by atoms with Crippen LogP contribution in [0.5, 0.6) is 5.75 Å². The van der Waals surface area contributed by atoms with E-state index in [0.717, 1.165) is 38.3 Å². The Morgan fingerprint density at radius 3 is 2.83 bits per heavy atom. The van der Waals surface area contributed by atoms with E-state index in [1.165, 1.54) is 46.1 Å². The molecule has 1 saturated heterocycles. The van der Waals surface area contributed by atoms with Crippen molar-refractivity contribution in [3.05, 3.63) is 64.8 Å². The van der Waals surface area contributed by atoms with Gasteiger partial charge in [0.05, 0.1) is 5.60 Å². The van der Waals surface area contributed by atoms with Crippen molar-refractivity contribution in [3.8, 4) is 5.75 Å². The molecule has 0 unspecified atom stereocenters. The minimum Gasteiger partial charge on any atom is -0.508 e. The van der Waals surface area contributed by atoms with E-state index >= 15 is 0 Å². The monoisotopic (exact) mass is 400 g/mol. The molecule has 3 aromatic rings. The average Bonchev–Trinajstić information content (AvgIpc) is 3.49. The second-order valence-corrected chi connectivity index (χ2v) is 10.2. The quantitative estimate of drug-likeness (QED) is 0.615. The molecule has 1 saturated carbocycles. The Kier molecular flexibility index (Phi) is 3.29. The predicted molar refractivity (Wildman–Crippen MR) is 117 cm³/mol. The van der Waals surface area contributed by atoms with Gasteiger partial charge in [0.2, 0.25) is 0 Å². The molecular formula is C26H28N2O2. The highest BCUT2D eigenvalue weighted by Crippen LogP contribution is 2.58. The van der Waals surface area contributed by atoms with Crippen LogP contribution in [0.25, 0.3) is 10.9 Å². The lowest BCUT2D eigenvalue weighted by Crippen LogP contribution is -2.74. The van der Waals surface area contributed by atoms with Gasteiger partial charge in [0.25, 0.3) is 0 Å². The normalized spacial score (nSPS) is 32.5. The Hall–Kier alpha value is -2.30. The molecule has 3 atom stereocenters. The Balaban J connectivity index is 1.45. The van der Waals surface area contributed by atoms with Gasteiger partial charge in [-0.2, -0.15) is 0 Å². The molecule has 3 aliphatic carbocycles. The van der Waals surface area contributed by atoms with E-state index in [-0.39, 0.29) is 11.5 Å². The minimum atomic E-state index is -0.807. The number of H-pyrrole nitrogens is 1. The predicted octanol–water partition coefficient (Wildman–Crippen LogP) is 3.68. The van der Waals surface area contributed by atoms with Crippen LogP contribution in [0.3, 0.4) is 0 Å². The molecule has 154 valence electrons. The number of hydrogen-bond acceptors (Lipinski definition) is 3. The lowest BCUT2D eigenvalue weighted by Gasteiger charge is -2.63. The number of aromatic amines is 1. The highest BCUT2D eigenvalue weighted by atomic mass is 16.3. The van der Waals surface area contributed by atoms with Crippen molar-refractivity contribution in [3.63, 3.8) is 0 Å². The Morgan fingerprint density at radius 1 is 1.10 bits per heavy atom. The van der Waals surface area contributed by atoms with Crippen LogP contribution in [0.1, 0.15) is 41.6 Å². The molecule has 30 heavy (non-hydrogen) atoms. The van der Waals surface area contributed by atoms with Gasteiger partial charge in [0.1, 0.15) is 5.75 Å². The summed E-state index contributed by atoms with van der Waals surface area (Å²) in [6, 6.07) is 14.5. The summed E-state index contributed by atoms with van der Waals surface area (Å²) in [7, 11) is 0. The molecule has 0 amide bonds. The number of likely N-dealkylation sites (tertiary alicyclic amines) is 1. The molecule has 2 heterocycles. The number of fused-ring (bicyclic) bond motifs is 4. The van der Waals surface area contributed by atoms with Crippen molar-refractivity contribution in [1.82, 2.24) is 9.88 Å². The first-order valence-corrected chi connectivity index (χ1v) is 11.4. The summed E-state index contributed by atoms with van der Waals surface area (Å²) in [6.45, 7) is 2.16. The first-order chi connectivity index (χ1) is 14.6. The SMILES string of the molecule is Oc1ccc2c(c1)[C@@]13CCN(CC4CC4)[C@@H](C2)[C@]1(O)Cc1c([nH]c2ccccc12)C3. The molecule has 3 N–H and O–H groups in total. The van der Waals surface area contributed by atoms with Gasteiger partial charge in [-0.3, -0.25) is 4.90 Å². The highest BCUT2D eigenvalue weighted by Gasteiger charge is 2.64. The number of phenols is 1. The molecule has 7 rings (SSSR count). The van der Waals surface area contributed by atoms with Crippen LogP contribution in [-0.4, -0.2) is 44.8 Å². The Bertz CT molecular complexity index is 1180. The molecule has 2 fully saturated rings. The Labute approximate surface area is 176 Å². The number of hydrogen-bond donors (Lipinski definition) is 3. The van der Waals surface area contributed by atoms with E-state index in [4.69, 9.17) is 0 Å². The number of aromatic nitrogens is 1. The fraction of sp³-hybridized carbons (Fsp3) is 0.462. The van der Waals surface area contributed by atoms with E-state index in [2.05, 4.69) is 40.2 Å². The van der Waals surface area contributed by atoms with Crippen LogP contribution in [0.2, 0.25) is 0 Å². The van der Waals surface area contributed by atoms with Crippen LogP contribution in [0.4, 0.5) is 0 Å². The summed E-state index contributed by atoms with van der Waals surface area (Å²) >= 11 is 0. The molecule has 2 aromatic carbocycles. The third-order valence-corrected chi connectivity index (χ3v) is 8.69. The Morgan fingerprint density at radius 2 is 1.97 bits per heavy atom. The zero-order chi connectivity index (χ0) is 20.1. The molecule has 1 aromatic heterocycles. The lowest BCUT2D eigenvalue weighted by atomic mass is 9.49. The number of piperidine rings is 1. The number of aromatic hydroxyl groups is 1. The number of nitrogens with one attached hydrogen (secondary N) is 1. The third kappa shape index (κ3) is 2.13. The minimum absolute atomic E-state index is 0.144. The summed E-state index contributed by atoms with van der Waals surface area (Å²) < 4.78 is 0. The van der Waals surface area contributed by atoms with Gasteiger partial charge in [-0.25, -0.2) is 0 Å². The van der Waals surface area contributed by atoms with Crippen molar-refractivity contribution in [2.75, 3.05) is 13.1 Å². The number of benzene rings is 2. The molecule has 0 spiro atoms. The second kappa shape index (κ2) is 5.68. The fourth-order valence-electron chi connectivity index (χ4n) is 7.04. The van der Waals surface area contributed by atoms with E-state index < -0.39 is 5.60 Å². The van der Waals surface area contributed by atoms with Crippen LogP contribution < -0.4 is 0 Å². The standard InChI is InChI=1S/C26H28N2O2/c29-18-8-7-17-11-24-26(30)13-20-19-3-1-2-4-22(19)27-23(20)14-25(26,21(17)12-18)9-10-28(24)15-16-5-6-16/h1-4,7-8,12,16,24,27,29-30H,5-6,9-11,13-15H2/t24-,25-,26+/m0/s1. The van der Waals surface area contributed by atoms with Crippen LogP contribution in [-0.2, 0) is 24.7 Å². The van der Waals surface area contributed by atoms with Gasteiger partial charge < -0.3 is 15.2 Å². The van der Waals surface area contributed by atoms with Gasteiger partial charge in [-0.15, -0.1) is 0 Å². The summed E-state index contributed by atoms with van der Waals surface area (Å²) in [5.41, 5.74) is 5.08. The number of rotatable bonds is 2. The van der Waals surface area contributed by atoms with Crippen molar-refractivity contribution >= 4 is 10.9 Å². The molecule has 2 bridgehead atoms. The van der Waals surface area contributed by atoms with E-state index in [9.17, 15) is 10.2 Å². The summed E-state index contributed by atoms with van der Waals surface area (Å²) in [6.07, 6.45) is 5.99. The maximum Gasteiger partial charge on any atom is 0.115 e. The number of nitrogens with zero attached hydrogens (tertiary/aromatic N) is 1. The maximum atomic E-state index is 12.6. The van der Waals surface area contributed by atoms with Gasteiger partial charge in [-0.1, -0.05) is 24.3 Å². The van der Waals surface area contributed by atoms with Crippen LogP contribution in [0.15, 0.2) is 42.5 Å². The van der Waals surface area contributed by atoms with E-state index in [1.807, 2.05) is 12.1 Å². The first-order valence-electron chi connectivity index (χ1n) is 11.4. The van der Waals surface area contributed by atoms with Crippen LogP contribution >= 0.6 is 0 Å². The summed E-state index contributed by atoms with van der Waals surface area (Å²) in [5.74, 6) is 1.13. The average molecular weight is 401 g/mol. The second-order valence-electron chi connectivity index (χ2n) is 10.2. The summed E-state index contributed by atoms with van der Waals surface area (Å²) in [5, 5.41) is 24.2. The zero-order valence-corrected chi connectivity index (χ0v) is 17.2. The molecule has 4 heteroatoms. The first kappa shape index (κ1) is 17.4. The number of phenolic OH excluding ortho intramolecular Hbond substituents is 1. The van der Waals surface area contributed by atoms with Crippen molar-refractivity contribution in [2.24, 2.45) is 5.92 Å². The third-order valence-electron chi connectivity index (χ3n) is 8.69. The molecule has 0 radical (unpaired) electrons. The van der Waals surface area contributed by atoms with Gasteiger partial charge >= 0.3 is 0 Å². The maximum absolute atomic E-state index is 12.6. The fourth-order valence-corrected chi connectivity index (χ4v) is 7.04. The molecule has 4 nitrogen and oxygen atoms in total. The van der Waals surface area contributed by atoms with E-state index in [1.54, 1.807) is 0 Å². The van der Waals surface area contributed by atoms with Crippen molar-refractivity contribution in [2.45, 2.75) is 55.6 Å². The van der Waals surface area contributed by atoms with Crippen molar-refractivity contribution < 1.29 is 10.2 Å². The molecule has 1 aliphatic heterocycles. The topological polar surface area (TPSA) is 59.5 Å². The van der Waals surface area contributed by atoms with Crippen molar-refractivity contribution in [1.29, 1.82) is 0 Å². The zero-order valence-electron chi connectivity index (χ0n) is 17.2. The summed E-state index contributed by atoms with van der Waals surface area (Å²) in [4.78, 5) is 6.28. The number of aliphatic hydroxyl groups is 1. The van der Waals surface area contributed by atoms with E-state index in [0.29, 0.717) is 12.2 Å². The smallest absolute Gasteiger partial charge is 0.115 e. The molecular weight excluding hydrogens is 372 g/mol. The highest BCUT2D eigenvalue weighted by molar-refractivity contribution is 5.85. The van der Waals surface area contributed by atoms with Gasteiger partial charge in [0, 0.05) is 47.4 Å². The van der Waals surface area contributed by atoms with Gasteiger partial charge in [-0.05, 0) is 73.0 Å². The molecule has 4 aliphatic rings. The lowest BCUT2D eigenvalue weighted by molar-refractivity contribution is -0.151. The number of para-hydroxylation sites is 1. The van der Waals surface area contributed by atoms with Crippen LogP contribution in [0, 0.1) is 5.92 Å². The van der Waals surface area contributed by atoms with Gasteiger partial charge in [0.15, 0.2) is 0 Å².